The van der Waals surface area contributed by atoms with E-state index in [0.717, 1.165) is 12.0 Å². The van der Waals surface area contributed by atoms with Crippen LogP contribution >= 0.6 is 0 Å². The van der Waals surface area contributed by atoms with Crippen molar-refractivity contribution in [2.45, 2.75) is 13.0 Å². The topological polar surface area (TPSA) is 82.1 Å². The highest BCUT2D eigenvalue weighted by atomic mass is 16.5. The largest absolute Gasteiger partial charge is 0.488 e. The van der Waals surface area contributed by atoms with Crippen LogP contribution < -0.4 is 0 Å². The van der Waals surface area contributed by atoms with Gasteiger partial charge >= 0.3 is 11.9 Å². The van der Waals surface area contributed by atoms with Crippen LogP contribution in [-0.4, -0.2) is 56.7 Å². The third kappa shape index (κ3) is 2.15. The van der Waals surface area contributed by atoms with E-state index in [-0.39, 0.29) is 17.9 Å². The lowest BCUT2D eigenvalue weighted by atomic mass is 10.1. The second kappa shape index (κ2) is 5.52. The summed E-state index contributed by atoms with van der Waals surface area (Å²) in [4.78, 5) is 36.3. The maximum absolute atomic E-state index is 11.9. The number of carbonyl (C=O) groups excluding carboxylic acids is 3. The molecule has 1 unspecified atom stereocenters. The molecule has 0 saturated heterocycles. The lowest BCUT2D eigenvalue weighted by Crippen LogP contribution is -2.40. The molecule has 7 nitrogen and oxygen atoms in total. The molecule has 100 valence electrons. The first kappa shape index (κ1) is 14.0. The Hall–Kier alpha value is -2.05. The van der Waals surface area contributed by atoms with E-state index in [1.807, 2.05) is 0 Å². The zero-order valence-electron chi connectivity index (χ0n) is 10.7. The summed E-state index contributed by atoms with van der Waals surface area (Å²) in [5, 5.41) is 0. The number of methoxy groups -OCH3 is 2. The van der Waals surface area contributed by atoms with Gasteiger partial charge in [0, 0.05) is 7.05 Å². The number of ether oxygens (including phenoxy) is 3. The lowest BCUT2D eigenvalue weighted by Gasteiger charge is -2.18. The van der Waals surface area contributed by atoms with Gasteiger partial charge < -0.3 is 19.1 Å². The molecule has 0 spiro atoms. The van der Waals surface area contributed by atoms with E-state index in [0.29, 0.717) is 0 Å². The molecule has 0 saturated carbocycles. The number of carbonyl (C=O) groups is 3. The van der Waals surface area contributed by atoms with E-state index < -0.39 is 23.9 Å². The Balaban J connectivity index is 3.28. The SMILES string of the molecule is CCOC1=C(C(=O)OC)C(C(=O)OC)N(C)C1=O. The summed E-state index contributed by atoms with van der Waals surface area (Å²) in [6.07, 6.45) is 0. The van der Waals surface area contributed by atoms with Gasteiger partial charge in [0.05, 0.1) is 20.8 Å². The van der Waals surface area contributed by atoms with Crippen LogP contribution in [0.2, 0.25) is 0 Å². The van der Waals surface area contributed by atoms with Gasteiger partial charge in [-0.2, -0.15) is 0 Å². The minimum Gasteiger partial charge on any atom is -0.488 e. The molecule has 0 fully saturated rings. The van der Waals surface area contributed by atoms with Crippen LogP contribution in [0.3, 0.4) is 0 Å². The first-order valence-electron chi connectivity index (χ1n) is 5.29. The number of hydrogen-bond acceptors (Lipinski definition) is 6. The molecule has 0 aromatic carbocycles. The van der Waals surface area contributed by atoms with Crippen LogP contribution in [0.5, 0.6) is 0 Å². The third-order valence-electron chi connectivity index (χ3n) is 2.54. The van der Waals surface area contributed by atoms with Crippen molar-refractivity contribution in [3.63, 3.8) is 0 Å². The van der Waals surface area contributed by atoms with Crippen LogP contribution in [0.4, 0.5) is 0 Å². The van der Waals surface area contributed by atoms with Gasteiger partial charge in [0.1, 0.15) is 5.57 Å². The first-order valence-corrected chi connectivity index (χ1v) is 5.29. The molecule has 18 heavy (non-hydrogen) atoms. The van der Waals surface area contributed by atoms with Crippen molar-refractivity contribution in [3.05, 3.63) is 11.3 Å². The molecule has 1 amide bonds. The van der Waals surface area contributed by atoms with E-state index >= 15 is 0 Å². The summed E-state index contributed by atoms with van der Waals surface area (Å²) in [6.45, 7) is 1.87. The maximum Gasteiger partial charge on any atom is 0.340 e. The summed E-state index contributed by atoms with van der Waals surface area (Å²) in [5.41, 5.74) is -0.126. The number of nitrogens with zero attached hydrogens (tertiary/aromatic N) is 1. The Labute approximate surface area is 104 Å². The van der Waals surface area contributed by atoms with Gasteiger partial charge in [-0.25, -0.2) is 9.59 Å². The van der Waals surface area contributed by atoms with Crippen LogP contribution in [-0.2, 0) is 28.6 Å². The summed E-state index contributed by atoms with van der Waals surface area (Å²) in [6, 6.07) is -1.13. The molecule has 1 heterocycles. The van der Waals surface area contributed by atoms with Crippen LogP contribution in [0.15, 0.2) is 11.3 Å². The van der Waals surface area contributed by atoms with E-state index in [1.165, 1.54) is 14.2 Å². The molecule has 0 aromatic rings. The predicted octanol–water partition coefficient (Wildman–Crippen LogP) is -0.536. The zero-order chi connectivity index (χ0) is 13.9. The van der Waals surface area contributed by atoms with Crippen molar-refractivity contribution < 1.29 is 28.6 Å². The van der Waals surface area contributed by atoms with Gasteiger partial charge in [-0.15, -0.1) is 0 Å². The van der Waals surface area contributed by atoms with E-state index in [9.17, 15) is 14.4 Å². The standard InChI is InChI=1S/C11H15NO6/c1-5-18-8-6(10(14)16-3)7(11(15)17-4)12(2)9(8)13/h7H,5H2,1-4H3. The fourth-order valence-corrected chi connectivity index (χ4v) is 1.70. The van der Waals surface area contributed by atoms with Gasteiger partial charge in [0.15, 0.2) is 11.8 Å². The molecular weight excluding hydrogens is 242 g/mol. The highest BCUT2D eigenvalue weighted by Gasteiger charge is 2.47. The van der Waals surface area contributed by atoms with E-state index in [4.69, 9.17) is 4.74 Å². The normalized spacial score (nSPS) is 19.0. The van der Waals surface area contributed by atoms with Gasteiger partial charge in [-0.05, 0) is 6.92 Å². The van der Waals surface area contributed by atoms with Crippen LogP contribution in [0.25, 0.3) is 0 Å². The van der Waals surface area contributed by atoms with Gasteiger partial charge in [-0.3, -0.25) is 4.79 Å². The second-order valence-electron chi connectivity index (χ2n) is 3.51. The summed E-state index contributed by atoms with van der Waals surface area (Å²) in [7, 11) is 3.73. The molecular formula is C11H15NO6. The fourth-order valence-electron chi connectivity index (χ4n) is 1.70. The Morgan fingerprint density at radius 2 is 1.89 bits per heavy atom. The summed E-state index contributed by atoms with van der Waals surface area (Å²) < 4.78 is 14.3. The third-order valence-corrected chi connectivity index (χ3v) is 2.54. The first-order chi connectivity index (χ1) is 8.49. The fraction of sp³-hybridized carbons (Fsp3) is 0.545. The monoisotopic (exact) mass is 257 g/mol. The molecule has 0 bridgehead atoms. The van der Waals surface area contributed by atoms with Crippen molar-refractivity contribution in [2.24, 2.45) is 0 Å². The molecule has 7 heteroatoms. The minimum absolute atomic E-state index is 0.126. The Morgan fingerprint density at radius 3 is 2.33 bits per heavy atom. The molecule has 0 N–H and O–H groups in total. The summed E-state index contributed by atoms with van der Waals surface area (Å²) >= 11 is 0. The molecule has 0 aromatic heterocycles. The van der Waals surface area contributed by atoms with Gasteiger partial charge in [-0.1, -0.05) is 0 Å². The van der Waals surface area contributed by atoms with Gasteiger partial charge in [0.2, 0.25) is 0 Å². The highest BCUT2D eigenvalue weighted by Crippen LogP contribution is 2.27. The predicted molar refractivity (Wildman–Crippen MR) is 59.2 cm³/mol. The average molecular weight is 257 g/mol. The Morgan fingerprint density at radius 1 is 1.28 bits per heavy atom. The highest BCUT2D eigenvalue weighted by molar-refractivity contribution is 6.11. The molecule has 0 radical (unpaired) electrons. The molecule has 1 rings (SSSR count). The minimum atomic E-state index is -1.13. The van der Waals surface area contributed by atoms with Crippen LogP contribution in [0.1, 0.15) is 6.92 Å². The van der Waals surface area contributed by atoms with Crippen molar-refractivity contribution in [1.29, 1.82) is 0 Å². The number of esters is 2. The van der Waals surface area contributed by atoms with Gasteiger partial charge in [0.25, 0.3) is 5.91 Å². The number of hydrogen-bond donors (Lipinski definition) is 0. The number of amides is 1. The van der Waals surface area contributed by atoms with Crippen molar-refractivity contribution >= 4 is 17.8 Å². The smallest absolute Gasteiger partial charge is 0.340 e. The molecule has 1 aliphatic rings. The lowest BCUT2D eigenvalue weighted by molar-refractivity contribution is -0.149. The maximum atomic E-state index is 11.9. The summed E-state index contributed by atoms with van der Waals surface area (Å²) in [5.74, 6) is -2.22. The molecule has 1 atom stereocenters. The number of likely N-dealkylation sites (N-methyl/N-ethyl adjacent to an activating group) is 1. The Kier molecular flexibility index (Phi) is 4.30. The van der Waals surface area contributed by atoms with Crippen molar-refractivity contribution in [2.75, 3.05) is 27.9 Å². The second-order valence-corrected chi connectivity index (χ2v) is 3.51. The van der Waals surface area contributed by atoms with E-state index in [2.05, 4.69) is 9.47 Å². The van der Waals surface area contributed by atoms with Crippen molar-refractivity contribution in [3.8, 4) is 0 Å². The zero-order valence-corrected chi connectivity index (χ0v) is 10.7. The molecule has 0 aliphatic carbocycles. The quantitative estimate of drug-likeness (QED) is 0.629. The van der Waals surface area contributed by atoms with Crippen LogP contribution in [0, 0.1) is 0 Å². The van der Waals surface area contributed by atoms with E-state index in [1.54, 1.807) is 6.92 Å². The number of rotatable bonds is 4. The molecule has 1 aliphatic heterocycles. The Bertz CT molecular complexity index is 414. The average Bonchev–Trinajstić information content (AvgIpc) is 2.62. The van der Waals surface area contributed by atoms with Crippen molar-refractivity contribution in [1.82, 2.24) is 4.90 Å².